The van der Waals surface area contributed by atoms with Crippen LogP contribution in [-0.4, -0.2) is 18.0 Å². The number of urea groups is 1. The van der Waals surface area contributed by atoms with Crippen molar-refractivity contribution in [1.29, 1.82) is 0 Å². The van der Waals surface area contributed by atoms with Crippen LogP contribution in [-0.2, 0) is 4.79 Å². The van der Waals surface area contributed by atoms with Crippen molar-refractivity contribution >= 4 is 30.0 Å². The zero-order valence-corrected chi connectivity index (χ0v) is 13.1. The van der Waals surface area contributed by atoms with Crippen molar-refractivity contribution in [3.63, 3.8) is 0 Å². The molecule has 0 fully saturated rings. The minimum atomic E-state index is -0.607. The van der Waals surface area contributed by atoms with Crippen molar-refractivity contribution < 1.29 is 9.59 Å². The highest BCUT2D eigenvalue weighted by Gasteiger charge is 2.15. The predicted molar refractivity (Wildman–Crippen MR) is 86.3 cm³/mol. The predicted octanol–water partition coefficient (Wildman–Crippen LogP) is 1.90. The third kappa shape index (κ3) is 6.46. The summed E-state index contributed by atoms with van der Waals surface area (Å²) >= 11 is 0. The zero-order chi connectivity index (χ0) is 15.1. The monoisotopic (exact) mass is 314 g/mol. The lowest BCUT2D eigenvalue weighted by atomic mass is 10.1. The normalized spacial score (nSPS) is 12.7. The standard InChI is InChI=1S/C14H22N4O2.ClH/c1-3-4-12(15)13(19)17-9(2)10-5-7-11(8-6-10)18-14(16)20;/h5-9,12H,3-4,15H2,1-2H3,(H,17,19)(H3,16,18,20);1H. The van der Waals surface area contributed by atoms with Gasteiger partial charge in [-0.2, -0.15) is 0 Å². The molecule has 0 radical (unpaired) electrons. The molecule has 1 rings (SSSR count). The summed E-state index contributed by atoms with van der Waals surface area (Å²) < 4.78 is 0. The summed E-state index contributed by atoms with van der Waals surface area (Å²) in [6.45, 7) is 3.87. The first-order valence-electron chi connectivity index (χ1n) is 6.66. The summed E-state index contributed by atoms with van der Waals surface area (Å²) in [4.78, 5) is 22.5. The molecule has 0 heterocycles. The van der Waals surface area contributed by atoms with E-state index < -0.39 is 12.1 Å². The van der Waals surface area contributed by atoms with E-state index in [9.17, 15) is 9.59 Å². The Bertz CT molecular complexity index is 465. The van der Waals surface area contributed by atoms with Crippen LogP contribution in [0.3, 0.4) is 0 Å². The molecular weight excluding hydrogens is 292 g/mol. The number of primary amides is 1. The van der Waals surface area contributed by atoms with Crippen LogP contribution in [0.5, 0.6) is 0 Å². The Morgan fingerprint density at radius 1 is 1.24 bits per heavy atom. The SMILES string of the molecule is CCCC(N)C(=O)NC(C)c1ccc(NC(N)=O)cc1.Cl. The van der Waals surface area contributed by atoms with Crippen LogP contribution in [0.4, 0.5) is 10.5 Å². The quantitative estimate of drug-likeness (QED) is 0.643. The lowest BCUT2D eigenvalue weighted by Gasteiger charge is -2.18. The van der Waals surface area contributed by atoms with Gasteiger partial charge in [0.05, 0.1) is 12.1 Å². The molecule has 6 N–H and O–H groups in total. The van der Waals surface area contributed by atoms with E-state index in [-0.39, 0.29) is 24.4 Å². The number of anilines is 1. The Kier molecular flexibility index (Phi) is 8.42. The fourth-order valence-electron chi connectivity index (χ4n) is 1.84. The first kappa shape index (κ1) is 19.2. The highest BCUT2D eigenvalue weighted by molar-refractivity contribution is 5.87. The van der Waals surface area contributed by atoms with Crippen LogP contribution in [0.15, 0.2) is 24.3 Å². The molecule has 0 spiro atoms. The van der Waals surface area contributed by atoms with E-state index in [1.165, 1.54) is 0 Å². The number of hydrogen-bond acceptors (Lipinski definition) is 3. The fraction of sp³-hybridized carbons (Fsp3) is 0.429. The van der Waals surface area contributed by atoms with E-state index in [0.29, 0.717) is 12.1 Å². The van der Waals surface area contributed by atoms with E-state index >= 15 is 0 Å². The molecule has 0 aromatic heterocycles. The first-order valence-corrected chi connectivity index (χ1v) is 6.66. The van der Waals surface area contributed by atoms with Crippen molar-refractivity contribution in [1.82, 2.24) is 5.32 Å². The molecule has 1 aromatic rings. The highest BCUT2D eigenvalue weighted by atomic mass is 35.5. The van der Waals surface area contributed by atoms with Gasteiger partial charge in [0, 0.05) is 5.69 Å². The summed E-state index contributed by atoms with van der Waals surface area (Å²) in [5.74, 6) is -0.154. The first-order chi connectivity index (χ1) is 9.43. The zero-order valence-electron chi connectivity index (χ0n) is 12.3. The molecule has 7 heteroatoms. The van der Waals surface area contributed by atoms with E-state index in [1.807, 2.05) is 26.0 Å². The molecule has 0 aliphatic rings. The smallest absolute Gasteiger partial charge is 0.316 e. The molecule has 0 saturated carbocycles. The maximum atomic E-state index is 11.8. The molecule has 2 unspecified atom stereocenters. The van der Waals surface area contributed by atoms with Gasteiger partial charge < -0.3 is 22.1 Å². The number of rotatable bonds is 6. The lowest BCUT2D eigenvalue weighted by Crippen LogP contribution is -2.41. The molecule has 0 aliphatic carbocycles. The number of carbonyl (C=O) groups excluding carboxylic acids is 2. The molecule has 2 atom stereocenters. The van der Waals surface area contributed by atoms with Gasteiger partial charge in [-0.05, 0) is 31.0 Å². The number of amides is 3. The molecular formula is C14H23ClN4O2. The Morgan fingerprint density at radius 3 is 2.29 bits per heavy atom. The average Bonchev–Trinajstić information content (AvgIpc) is 2.39. The van der Waals surface area contributed by atoms with Crippen LogP contribution in [0.2, 0.25) is 0 Å². The Balaban J connectivity index is 0.00000400. The molecule has 6 nitrogen and oxygen atoms in total. The van der Waals surface area contributed by atoms with Gasteiger partial charge in [-0.3, -0.25) is 4.79 Å². The van der Waals surface area contributed by atoms with E-state index in [2.05, 4.69) is 10.6 Å². The van der Waals surface area contributed by atoms with Gasteiger partial charge in [0.15, 0.2) is 0 Å². The number of nitrogens with two attached hydrogens (primary N) is 2. The number of benzene rings is 1. The summed E-state index contributed by atoms with van der Waals surface area (Å²) in [5, 5.41) is 5.34. The largest absolute Gasteiger partial charge is 0.351 e. The second-order valence-electron chi connectivity index (χ2n) is 4.74. The van der Waals surface area contributed by atoms with Gasteiger partial charge in [0.25, 0.3) is 0 Å². The van der Waals surface area contributed by atoms with Gasteiger partial charge >= 0.3 is 6.03 Å². The number of nitrogens with one attached hydrogen (secondary N) is 2. The average molecular weight is 315 g/mol. The van der Waals surface area contributed by atoms with E-state index in [4.69, 9.17) is 11.5 Å². The summed E-state index contributed by atoms with van der Waals surface area (Å²) in [6, 6.07) is 5.88. The third-order valence-electron chi connectivity index (χ3n) is 2.97. The molecule has 21 heavy (non-hydrogen) atoms. The van der Waals surface area contributed by atoms with Crippen LogP contribution >= 0.6 is 12.4 Å². The molecule has 118 valence electrons. The van der Waals surface area contributed by atoms with Gasteiger partial charge in [0.1, 0.15) is 0 Å². The van der Waals surface area contributed by atoms with E-state index in [0.717, 1.165) is 12.0 Å². The fourth-order valence-corrected chi connectivity index (χ4v) is 1.84. The summed E-state index contributed by atoms with van der Waals surface area (Å²) in [5.41, 5.74) is 12.3. The molecule has 1 aromatic carbocycles. The topological polar surface area (TPSA) is 110 Å². The maximum Gasteiger partial charge on any atom is 0.316 e. The van der Waals surface area contributed by atoms with Gasteiger partial charge in [0.2, 0.25) is 5.91 Å². The lowest BCUT2D eigenvalue weighted by molar-refractivity contribution is -0.123. The van der Waals surface area contributed by atoms with E-state index in [1.54, 1.807) is 12.1 Å². The van der Waals surface area contributed by atoms with Crippen molar-refractivity contribution in [2.45, 2.75) is 38.8 Å². The Hall–Kier alpha value is -1.79. The van der Waals surface area contributed by atoms with Crippen LogP contribution < -0.4 is 22.1 Å². The summed E-state index contributed by atoms with van der Waals surface area (Å²) in [7, 11) is 0. The second-order valence-corrected chi connectivity index (χ2v) is 4.74. The molecule has 0 saturated heterocycles. The number of hydrogen-bond donors (Lipinski definition) is 4. The summed E-state index contributed by atoms with van der Waals surface area (Å²) in [6.07, 6.45) is 1.54. The second kappa shape index (κ2) is 9.20. The van der Waals surface area contributed by atoms with Gasteiger partial charge in [-0.25, -0.2) is 4.79 Å². The van der Waals surface area contributed by atoms with Crippen molar-refractivity contribution in [3.05, 3.63) is 29.8 Å². The molecule has 0 bridgehead atoms. The molecule has 3 amide bonds. The van der Waals surface area contributed by atoms with Gasteiger partial charge in [-0.15, -0.1) is 12.4 Å². The minimum Gasteiger partial charge on any atom is -0.351 e. The van der Waals surface area contributed by atoms with Crippen LogP contribution in [0, 0.1) is 0 Å². The van der Waals surface area contributed by atoms with Crippen LogP contribution in [0.25, 0.3) is 0 Å². The van der Waals surface area contributed by atoms with Gasteiger partial charge in [-0.1, -0.05) is 25.5 Å². The van der Waals surface area contributed by atoms with Crippen molar-refractivity contribution in [2.75, 3.05) is 5.32 Å². The van der Waals surface area contributed by atoms with Crippen LogP contribution in [0.1, 0.15) is 38.3 Å². The Labute approximate surface area is 131 Å². The minimum absolute atomic E-state index is 0. The van der Waals surface area contributed by atoms with Crippen molar-refractivity contribution in [3.8, 4) is 0 Å². The Morgan fingerprint density at radius 2 is 1.81 bits per heavy atom. The highest BCUT2D eigenvalue weighted by Crippen LogP contribution is 2.16. The number of halogens is 1. The van der Waals surface area contributed by atoms with Crippen molar-refractivity contribution in [2.24, 2.45) is 11.5 Å². The third-order valence-corrected chi connectivity index (χ3v) is 2.97. The maximum absolute atomic E-state index is 11.8. The molecule has 0 aliphatic heterocycles. The number of carbonyl (C=O) groups is 2.